The Balaban J connectivity index is 1.95. The van der Waals surface area contributed by atoms with Gasteiger partial charge in [-0.3, -0.25) is 0 Å². The van der Waals surface area contributed by atoms with Crippen LogP contribution in [0.2, 0.25) is 7.85 Å². The molecule has 0 aliphatic carbocycles. The van der Waals surface area contributed by atoms with Crippen molar-refractivity contribution in [2.45, 2.75) is 40.1 Å². The van der Waals surface area contributed by atoms with Gasteiger partial charge in [-0.1, -0.05) is 0 Å². The van der Waals surface area contributed by atoms with Crippen LogP contribution in [0.15, 0.2) is 40.9 Å². The predicted molar refractivity (Wildman–Crippen MR) is 101 cm³/mol. The van der Waals surface area contributed by atoms with Gasteiger partial charge < -0.3 is 0 Å². The van der Waals surface area contributed by atoms with E-state index in [2.05, 4.69) is 22.3 Å². The molecule has 1 aromatic carbocycles. The molecule has 3 atom stereocenters. The van der Waals surface area contributed by atoms with Gasteiger partial charge in [-0.05, 0) is 0 Å². The first kappa shape index (κ1) is 17.8. The second-order valence-electron chi connectivity index (χ2n) is 6.88. The minimum absolute atomic E-state index is 0.404. The summed E-state index contributed by atoms with van der Waals surface area (Å²) in [6.45, 7) is 6.41. The summed E-state index contributed by atoms with van der Waals surface area (Å²) in [5.41, 5.74) is 1.92. The maximum absolute atomic E-state index is 11.2. The topological polar surface area (TPSA) is 42.4 Å². The van der Waals surface area contributed by atoms with Crippen LogP contribution in [-0.2, 0) is 0 Å². The molecule has 0 spiro atoms. The zero-order valence-electron chi connectivity index (χ0n) is 14.6. The molecule has 1 fully saturated rings. The first-order chi connectivity index (χ1) is 11.7. The molecular weight excluding hydrogens is 401 g/mol. The van der Waals surface area contributed by atoms with Crippen LogP contribution in [-0.4, -0.2) is 38.6 Å². The van der Waals surface area contributed by atoms with Crippen molar-refractivity contribution >= 4 is 32.3 Å². The quantitative estimate of drug-likeness (QED) is 0.753. The number of benzene rings is 1. The molecule has 0 saturated carbocycles. The molecule has 0 bridgehead atoms. The summed E-state index contributed by atoms with van der Waals surface area (Å²) in [4.78, 5) is 4.44. The number of methoxy groups -OCH3 is 1. The van der Waals surface area contributed by atoms with Gasteiger partial charge in [0.2, 0.25) is 0 Å². The Hall–Kier alpha value is -1.000. The van der Waals surface area contributed by atoms with Crippen molar-refractivity contribution in [3.8, 4) is 5.75 Å². The van der Waals surface area contributed by atoms with Crippen molar-refractivity contribution in [2.75, 3.05) is 7.11 Å². The fourth-order valence-electron chi connectivity index (χ4n) is 4.12. The van der Waals surface area contributed by atoms with Gasteiger partial charge in [0.25, 0.3) is 0 Å². The van der Waals surface area contributed by atoms with E-state index in [1.165, 1.54) is 17.0 Å². The van der Waals surface area contributed by atoms with Crippen LogP contribution in [0.1, 0.15) is 37.9 Å². The summed E-state index contributed by atoms with van der Waals surface area (Å²) >= 11 is -1.94. The summed E-state index contributed by atoms with van der Waals surface area (Å²) in [5.74, 6) is 1.66. The van der Waals surface area contributed by atoms with E-state index >= 15 is 0 Å². The van der Waals surface area contributed by atoms with Crippen LogP contribution in [0, 0.1) is 5.92 Å². The summed E-state index contributed by atoms with van der Waals surface area (Å²) in [6.07, 6.45) is 5.05. The summed E-state index contributed by atoms with van der Waals surface area (Å²) in [6, 6.07) is 7.86. The van der Waals surface area contributed by atoms with Crippen molar-refractivity contribution < 1.29 is 9.84 Å². The van der Waals surface area contributed by atoms with E-state index in [1.54, 1.807) is 7.11 Å². The molecule has 0 unspecified atom stereocenters. The Morgan fingerprint density at radius 3 is 2.96 bits per heavy atom. The molecule has 0 radical (unpaired) electrons. The van der Waals surface area contributed by atoms with E-state index < -0.39 is 27.5 Å². The zero-order valence-corrected chi connectivity index (χ0v) is 17.9. The van der Waals surface area contributed by atoms with E-state index in [9.17, 15) is 5.11 Å². The first-order valence-corrected chi connectivity index (χ1v) is 15.0. The predicted octanol–water partition coefficient (Wildman–Crippen LogP) is 4.69. The fraction of sp³-hybridized carbons (Fsp3) is 0.450. The van der Waals surface area contributed by atoms with E-state index in [0.717, 1.165) is 34.6 Å². The van der Waals surface area contributed by atoms with E-state index in [4.69, 9.17) is 4.74 Å². The number of pyridine rings is 1. The van der Waals surface area contributed by atoms with Gasteiger partial charge in [0, 0.05) is 0 Å². The van der Waals surface area contributed by atoms with Crippen LogP contribution < -0.4 is 4.74 Å². The molecule has 1 aliphatic rings. The van der Waals surface area contributed by atoms with Crippen LogP contribution in [0.25, 0.3) is 10.9 Å². The van der Waals surface area contributed by atoms with Crippen LogP contribution in [0.4, 0.5) is 0 Å². The van der Waals surface area contributed by atoms with Gasteiger partial charge in [0.15, 0.2) is 0 Å². The van der Waals surface area contributed by atoms with Gasteiger partial charge in [0.05, 0.1) is 0 Å². The summed E-state index contributed by atoms with van der Waals surface area (Å²) in [7, 11) is 1.67. The molecule has 1 saturated heterocycles. The van der Waals surface area contributed by atoms with Gasteiger partial charge in [0.1, 0.15) is 0 Å². The fourth-order valence-corrected chi connectivity index (χ4v) is 14.2. The molecule has 3 nitrogen and oxygen atoms in total. The van der Waals surface area contributed by atoms with Crippen molar-refractivity contribution in [3.63, 3.8) is 0 Å². The number of aromatic nitrogens is 1. The first-order valence-electron chi connectivity index (χ1n) is 8.91. The second kappa shape index (κ2) is 7.92. The van der Waals surface area contributed by atoms with Crippen molar-refractivity contribution in [3.05, 3.63) is 46.4 Å². The number of hydrogen-bond donors (Lipinski definition) is 1. The molecule has 2 aromatic rings. The summed E-state index contributed by atoms with van der Waals surface area (Å²) in [5, 5.41) is 12.2. The Morgan fingerprint density at radius 2 is 2.25 bits per heavy atom. The third kappa shape index (κ3) is 3.50. The molecule has 3 rings (SSSR count). The third-order valence-electron chi connectivity index (χ3n) is 5.65. The van der Waals surface area contributed by atoms with Crippen LogP contribution >= 0.6 is 0 Å². The number of hydrogen-bond acceptors (Lipinski definition) is 3. The van der Waals surface area contributed by atoms with E-state index in [0.29, 0.717) is 3.67 Å². The number of ether oxygens (including phenoxy) is 1. The third-order valence-corrected chi connectivity index (χ3v) is 16.0. The minimum atomic E-state index is -1.94. The van der Waals surface area contributed by atoms with Gasteiger partial charge in [-0.15, -0.1) is 0 Å². The standard InChI is InChI=1S/C18H23NO2.C2H3.In/c1-4-13(2)6-5-7-18(20)15-10-11-19-17-9-8-14(21-3)12-16(15)17;1-2;/h7-13,18,20H,2,4-6H2,1,3H3;1H,2H2;/t13-,18+;;/m1../s1. The molecule has 1 N–H and O–H groups in total. The summed E-state index contributed by atoms with van der Waals surface area (Å²) < 4.78 is 9.39. The average molecular weight is 427 g/mol. The Labute approximate surface area is 152 Å². The second-order valence-corrected chi connectivity index (χ2v) is 15.8. The Kier molecular flexibility index (Phi) is 5.88. The molecule has 126 valence electrons. The van der Waals surface area contributed by atoms with E-state index in [1.807, 2.05) is 30.5 Å². The molecule has 24 heavy (non-hydrogen) atoms. The van der Waals surface area contributed by atoms with Crippen LogP contribution in [0.5, 0.6) is 5.75 Å². The SMILES string of the molecule is C=[CH][In]1[CH2][C@H](CC)CC[C@H]1[C@H](O)c1ccnc2ccc(OC)cc12. The van der Waals surface area contributed by atoms with Gasteiger partial charge in [-0.2, -0.15) is 0 Å². The normalized spacial score (nSPS) is 22.4. The van der Waals surface area contributed by atoms with Crippen molar-refractivity contribution in [1.82, 2.24) is 4.98 Å². The molecule has 0 amide bonds. The number of aliphatic hydroxyl groups is 1. The molecule has 2 heterocycles. The monoisotopic (exact) mass is 427 g/mol. The molecule has 1 aromatic heterocycles. The number of nitrogens with zero attached hydrogens (tertiary/aromatic N) is 1. The van der Waals surface area contributed by atoms with Gasteiger partial charge in [-0.25, -0.2) is 0 Å². The zero-order chi connectivity index (χ0) is 17.1. The van der Waals surface area contributed by atoms with Crippen molar-refractivity contribution in [2.24, 2.45) is 5.92 Å². The number of aliphatic hydroxyl groups excluding tert-OH is 1. The number of fused-ring (bicyclic) bond motifs is 1. The van der Waals surface area contributed by atoms with Crippen LogP contribution in [0.3, 0.4) is 0 Å². The Morgan fingerprint density at radius 1 is 1.42 bits per heavy atom. The maximum atomic E-state index is 11.2. The molecule has 4 heteroatoms. The van der Waals surface area contributed by atoms with Gasteiger partial charge >= 0.3 is 153 Å². The number of rotatable bonds is 5. The molecule has 1 aliphatic heterocycles. The van der Waals surface area contributed by atoms with E-state index in [-0.39, 0.29) is 0 Å². The average Bonchev–Trinajstić information content (AvgIpc) is 2.65. The Bertz CT molecular complexity index is 718. The molecular formula is C20H26InNO2. The van der Waals surface area contributed by atoms with Crippen molar-refractivity contribution in [1.29, 1.82) is 0 Å².